The maximum Gasteiger partial charge on any atom is 0.0850 e. The van der Waals surface area contributed by atoms with Gasteiger partial charge in [0.15, 0.2) is 0 Å². The van der Waals surface area contributed by atoms with Gasteiger partial charge in [0.1, 0.15) is 0 Å². The van der Waals surface area contributed by atoms with Crippen molar-refractivity contribution in [2.75, 3.05) is 6.54 Å². The Kier molecular flexibility index (Phi) is 5.50. The van der Waals surface area contributed by atoms with Gasteiger partial charge in [-0.3, -0.25) is 4.68 Å². The average molecular weight is 298 g/mol. The van der Waals surface area contributed by atoms with Gasteiger partial charge in [-0.15, -0.1) is 0 Å². The van der Waals surface area contributed by atoms with Gasteiger partial charge in [-0.05, 0) is 31.2 Å². The number of hydrogen-bond acceptors (Lipinski definition) is 2. The first-order valence-corrected chi connectivity index (χ1v) is 8.39. The molecule has 0 aliphatic heterocycles. The highest BCUT2D eigenvalue weighted by Gasteiger charge is 2.31. The number of hydrogen-bond donors (Lipinski definition) is 1. The first-order valence-electron chi connectivity index (χ1n) is 8.02. The number of likely N-dealkylation sites (N-methyl/N-ethyl adjacent to an activating group) is 1. The van der Waals surface area contributed by atoms with E-state index in [0.29, 0.717) is 6.04 Å². The lowest BCUT2D eigenvalue weighted by atomic mass is 9.87. The molecule has 0 radical (unpaired) electrons. The van der Waals surface area contributed by atoms with Gasteiger partial charge < -0.3 is 5.32 Å². The van der Waals surface area contributed by atoms with E-state index in [-0.39, 0.29) is 0 Å². The quantitative estimate of drug-likeness (QED) is 0.869. The summed E-state index contributed by atoms with van der Waals surface area (Å²) in [5.74, 6) is 1.59. The second kappa shape index (κ2) is 6.95. The first kappa shape index (κ1) is 15.8. The van der Waals surface area contributed by atoms with Crippen molar-refractivity contribution in [2.24, 2.45) is 18.9 Å². The van der Waals surface area contributed by atoms with E-state index in [4.69, 9.17) is 11.6 Å². The molecule has 20 heavy (non-hydrogen) atoms. The van der Waals surface area contributed by atoms with Crippen LogP contribution in [-0.4, -0.2) is 22.4 Å². The second-order valence-electron chi connectivity index (χ2n) is 6.12. The smallest absolute Gasteiger partial charge is 0.0850 e. The Labute approximate surface area is 128 Å². The predicted octanol–water partition coefficient (Wildman–Crippen LogP) is 3.59. The minimum absolute atomic E-state index is 0.523. The Morgan fingerprint density at radius 3 is 2.65 bits per heavy atom. The third kappa shape index (κ3) is 3.20. The number of aryl methyl sites for hydroxylation is 2. The van der Waals surface area contributed by atoms with Crippen molar-refractivity contribution >= 4 is 11.6 Å². The third-order valence-electron chi connectivity index (χ3n) is 4.83. The van der Waals surface area contributed by atoms with Gasteiger partial charge in [0.2, 0.25) is 0 Å². The van der Waals surface area contributed by atoms with Gasteiger partial charge >= 0.3 is 0 Å². The Bertz CT molecular complexity index is 441. The lowest BCUT2D eigenvalue weighted by molar-refractivity contribution is 0.295. The molecule has 1 saturated carbocycles. The molecule has 0 aromatic carbocycles. The minimum Gasteiger partial charge on any atom is -0.314 e. The van der Waals surface area contributed by atoms with E-state index in [1.807, 2.05) is 11.7 Å². The third-order valence-corrected chi connectivity index (χ3v) is 5.26. The summed E-state index contributed by atoms with van der Waals surface area (Å²) in [5, 5.41) is 9.11. The van der Waals surface area contributed by atoms with Crippen LogP contribution in [0.4, 0.5) is 0 Å². The zero-order chi connectivity index (χ0) is 14.7. The summed E-state index contributed by atoms with van der Waals surface area (Å²) < 4.78 is 1.98. The van der Waals surface area contributed by atoms with E-state index in [0.717, 1.165) is 41.9 Å². The molecule has 0 saturated heterocycles. The van der Waals surface area contributed by atoms with Crippen molar-refractivity contribution in [1.82, 2.24) is 15.1 Å². The zero-order valence-electron chi connectivity index (χ0n) is 13.2. The molecule has 3 atom stereocenters. The molecule has 114 valence electrons. The van der Waals surface area contributed by atoms with Gasteiger partial charge in [0.25, 0.3) is 0 Å². The van der Waals surface area contributed by atoms with Gasteiger partial charge in [-0.25, -0.2) is 0 Å². The second-order valence-corrected chi connectivity index (χ2v) is 6.50. The van der Waals surface area contributed by atoms with Crippen molar-refractivity contribution in [3.8, 4) is 0 Å². The van der Waals surface area contributed by atoms with Crippen LogP contribution in [0.3, 0.4) is 0 Å². The highest BCUT2D eigenvalue weighted by molar-refractivity contribution is 6.31. The summed E-state index contributed by atoms with van der Waals surface area (Å²) in [4.78, 5) is 0. The fraction of sp³-hybridized carbons (Fsp3) is 0.812. The van der Waals surface area contributed by atoms with Crippen LogP contribution in [-0.2, 0) is 19.9 Å². The van der Waals surface area contributed by atoms with Crippen molar-refractivity contribution < 1.29 is 0 Å². The molecule has 1 fully saturated rings. The summed E-state index contributed by atoms with van der Waals surface area (Å²) in [6.07, 6.45) is 5.97. The molecule has 1 N–H and O–H groups in total. The van der Waals surface area contributed by atoms with Gasteiger partial charge in [-0.2, -0.15) is 5.10 Å². The maximum absolute atomic E-state index is 6.51. The fourth-order valence-corrected chi connectivity index (χ4v) is 4.03. The minimum atomic E-state index is 0.523. The zero-order valence-corrected chi connectivity index (χ0v) is 14.0. The highest BCUT2D eigenvalue weighted by atomic mass is 35.5. The maximum atomic E-state index is 6.51. The number of nitrogens with one attached hydrogen (secondary N) is 1. The lowest BCUT2D eigenvalue weighted by Gasteiger charge is -2.28. The average Bonchev–Trinajstić information content (AvgIpc) is 2.96. The fourth-order valence-electron chi connectivity index (χ4n) is 3.66. The van der Waals surface area contributed by atoms with Crippen LogP contribution in [0, 0.1) is 11.8 Å². The van der Waals surface area contributed by atoms with E-state index in [2.05, 4.69) is 31.2 Å². The molecule has 2 rings (SSSR count). The molecule has 4 heteroatoms. The summed E-state index contributed by atoms with van der Waals surface area (Å²) in [7, 11) is 2.02. The highest BCUT2D eigenvalue weighted by Crippen LogP contribution is 2.35. The van der Waals surface area contributed by atoms with Crippen molar-refractivity contribution in [2.45, 2.75) is 58.9 Å². The monoisotopic (exact) mass is 297 g/mol. The van der Waals surface area contributed by atoms with Crippen LogP contribution in [0.1, 0.15) is 51.4 Å². The SMILES string of the molecule is CCNC(Cc1c(Cl)c(CC)nn1C)C1CCCC1C. The number of halogens is 1. The molecule has 1 aliphatic carbocycles. The normalized spacial score (nSPS) is 24.2. The van der Waals surface area contributed by atoms with E-state index in [1.165, 1.54) is 25.0 Å². The van der Waals surface area contributed by atoms with Crippen molar-refractivity contribution in [1.29, 1.82) is 0 Å². The van der Waals surface area contributed by atoms with E-state index in [9.17, 15) is 0 Å². The summed E-state index contributed by atoms with van der Waals surface area (Å²) >= 11 is 6.51. The molecule has 0 amide bonds. The molecule has 1 aromatic heterocycles. The molecule has 1 heterocycles. The summed E-state index contributed by atoms with van der Waals surface area (Å²) in [6.45, 7) is 7.71. The largest absolute Gasteiger partial charge is 0.314 e. The molecule has 0 bridgehead atoms. The van der Waals surface area contributed by atoms with Gasteiger partial charge in [0, 0.05) is 19.5 Å². The number of aromatic nitrogens is 2. The Hall–Kier alpha value is -0.540. The summed E-state index contributed by atoms with van der Waals surface area (Å²) in [5.41, 5.74) is 2.22. The molecular weight excluding hydrogens is 270 g/mol. The van der Waals surface area contributed by atoms with Crippen molar-refractivity contribution in [3.63, 3.8) is 0 Å². The number of nitrogens with zero attached hydrogens (tertiary/aromatic N) is 2. The van der Waals surface area contributed by atoms with Gasteiger partial charge in [-0.1, -0.05) is 45.2 Å². The molecular formula is C16H28ClN3. The van der Waals surface area contributed by atoms with Crippen LogP contribution in [0.15, 0.2) is 0 Å². The Morgan fingerprint density at radius 2 is 2.15 bits per heavy atom. The Balaban J connectivity index is 2.17. The van der Waals surface area contributed by atoms with Crippen LogP contribution in [0.25, 0.3) is 0 Å². The molecule has 1 aromatic rings. The standard InChI is InChI=1S/C16H28ClN3/c1-5-13-16(17)15(20(4)19-13)10-14(18-6-2)12-9-7-8-11(12)3/h11-12,14,18H,5-10H2,1-4H3. The molecule has 3 nitrogen and oxygen atoms in total. The Morgan fingerprint density at radius 1 is 1.40 bits per heavy atom. The molecule has 0 spiro atoms. The topological polar surface area (TPSA) is 29.9 Å². The number of rotatable bonds is 6. The van der Waals surface area contributed by atoms with Crippen molar-refractivity contribution in [3.05, 3.63) is 16.4 Å². The first-order chi connectivity index (χ1) is 9.58. The van der Waals surface area contributed by atoms with Crippen LogP contribution in [0.2, 0.25) is 5.02 Å². The van der Waals surface area contributed by atoms with Crippen LogP contribution in [0.5, 0.6) is 0 Å². The molecule has 3 unspecified atom stereocenters. The van der Waals surface area contributed by atoms with E-state index in [1.54, 1.807) is 0 Å². The lowest BCUT2D eigenvalue weighted by Crippen LogP contribution is -2.39. The van der Waals surface area contributed by atoms with E-state index >= 15 is 0 Å². The van der Waals surface area contributed by atoms with E-state index < -0.39 is 0 Å². The van der Waals surface area contributed by atoms with Gasteiger partial charge in [0.05, 0.1) is 16.4 Å². The van der Waals surface area contributed by atoms with Crippen LogP contribution < -0.4 is 5.32 Å². The molecule has 1 aliphatic rings. The predicted molar refractivity (Wildman–Crippen MR) is 85.3 cm³/mol. The summed E-state index contributed by atoms with van der Waals surface area (Å²) in [6, 6.07) is 0.523. The van der Waals surface area contributed by atoms with Crippen LogP contribution >= 0.6 is 11.6 Å².